The molecule has 1 aromatic carbocycles. The van der Waals surface area contributed by atoms with Crippen molar-refractivity contribution in [2.24, 2.45) is 0 Å². The van der Waals surface area contributed by atoms with Gasteiger partial charge in [-0.3, -0.25) is 4.79 Å². The molecular weight excluding hydrogens is 442 g/mol. The van der Waals surface area contributed by atoms with Crippen molar-refractivity contribution in [2.45, 2.75) is 49.5 Å². The number of aromatic nitrogens is 2. The molecule has 1 saturated carbocycles. The molecule has 30 heavy (non-hydrogen) atoms. The van der Waals surface area contributed by atoms with Gasteiger partial charge in [0, 0.05) is 60.8 Å². The third-order valence-corrected chi connectivity index (χ3v) is 7.28. The number of carbonyl (C=O) groups is 1. The summed E-state index contributed by atoms with van der Waals surface area (Å²) in [4.78, 5) is 17.2. The second-order valence-corrected chi connectivity index (χ2v) is 9.22. The summed E-state index contributed by atoms with van der Waals surface area (Å²) in [7, 11) is 0. The first-order chi connectivity index (χ1) is 14.1. The Hall–Kier alpha value is -1.87. The quantitative estimate of drug-likeness (QED) is 0.410. The molecule has 1 N–H and O–H groups in total. The molecule has 0 spiro atoms. The number of fused-ring (bicyclic) bond motifs is 3. The second kappa shape index (κ2) is 6.56. The summed E-state index contributed by atoms with van der Waals surface area (Å²) >= 11 is 11.3. The van der Waals surface area contributed by atoms with Gasteiger partial charge in [-0.05, 0) is 30.8 Å². The van der Waals surface area contributed by atoms with E-state index in [4.69, 9.17) is 23.8 Å². The van der Waals surface area contributed by atoms with Crippen molar-refractivity contribution in [3.8, 4) is 0 Å². The average molecular weight is 460 g/mol. The van der Waals surface area contributed by atoms with E-state index in [1.165, 1.54) is 11.0 Å². The van der Waals surface area contributed by atoms with Crippen LogP contribution in [0.25, 0.3) is 0 Å². The maximum absolute atomic E-state index is 14.7. The third kappa shape index (κ3) is 2.92. The van der Waals surface area contributed by atoms with Crippen molar-refractivity contribution in [1.29, 1.82) is 0 Å². The molecule has 1 saturated heterocycles. The van der Waals surface area contributed by atoms with E-state index >= 15 is 0 Å². The van der Waals surface area contributed by atoms with Gasteiger partial charge in [0.2, 0.25) is 5.91 Å². The van der Waals surface area contributed by atoms with Gasteiger partial charge in [-0.2, -0.15) is 0 Å². The molecule has 0 unspecified atom stereocenters. The van der Waals surface area contributed by atoms with Crippen molar-refractivity contribution in [1.82, 2.24) is 14.5 Å². The van der Waals surface area contributed by atoms with Crippen LogP contribution >= 0.6 is 23.8 Å². The number of amides is 1. The number of alkyl halides is 2. The number of piperidine rings is 1. The summed E-state index contributed by atoms with van der Waals surface area (Å²) in [5.74, 6) is -4.57. The lowest BCUT2D eigenvalue weighted by molar-refractivity contribution is -0.136. The number of carbonyl (C=O) groups excluding carboxylic acids is 1. The van der Waals surface area contributed by atoms with Crippen LogP contribution in [0.5, 0.6) is 0 Å². The Morgan fingerprint density at radius 1 is 1.27 bits per heavy atom. The van der Waals surface area contributed by atoms with Crippen LogP contribution in [-0.2, 0) is 23.2 Å². The highest BCUT2D eigenvalue weighted by molar-refractivity contribution is 7.71. The Balaban J connectivity index is 1.42. The van der Waals surface area contributed by atoms with E-state index in [0.717, 1.165) is 11.8 Å². The number of hydrogen-bond donors (Lipinski definition) is 1. The fourth-order valence-corrected chi connectivity index (χ4v) is 5.47. The Kier molecular flexibility index (Phi) is 4.39. The zero-order chi connectivity index (χ0) is 21.4. The van der Waals surface area contributed by atoms with Gasteiger partial charge in [0.25, 0.3) is 5.92 Å². The molecule has 10 heteroatoms. The minimum absolute atomic E-state index is 0.00884. The molecule has 1 amide bonds. The Morgan fingerprint density at radius 3 is 2.67 bits per heavy atom. The van der Waals surface area contributed by atoms with E-state index < -0.39 is 23.0 Å². The number of hydrogen-bond acceptors (Lipinski definition) is 2. The standard InChI is InChI=1S/C20H18ClF4N3OS/c21-11-1-2-12(22)15(16(11)23)19-8-10(19)17-13(26-18(30)28(17)9-19)7-14(29)27-5-3-20(24,25)4-6-27/h1-2,10H,3-9H2,(H,26,30)/t10-,19-/m0/s1. The Bertz CT molecular complexity index is 1120. The van der Waals surface area contributed by atoms with E-state index in [1.54, 1.807) is 4.57 Å². The predicted molar refractivity (Wildman–Crippen MR) is 104 cm³/mol. The molecule has 1 aromatic heterocycles. The maximum atomic E-state index is 14.7. The van der Waals surface area contributed by atoms with Crippen LogP contribution < -0.4 is 0 Å². The van der Waals surface area contributed by atoms with Crippen LogP contribution in [0.3, 0.4) is 0 Å². The first-order valence-corrected chi connectivity index (χ1v) is 10.5. The van der Waals surface area contributed by atoms with Gasteiger partial charge in [0.05, 0.1) is 11.4 Å². The topological polar surface area (TPSA) is 41.0 Å². The lowest BCUT2D eigenvalue weighted by atomic mass is 9.92. The number of nitrogens with zero attached hydrogens (tertiary/aromatic N) is 2. The van der Waals surface area contributed by atoms with Crippen molar-refractivity contribution in [3.63, 3.8) is 0 Å². The highest BCUT2D eigenvalue weighted by atomic mass is 35.5. The summed E-state index contributed by atoms with van der Waals surface area (Å²) in [5, 5.41) is -0.134. The maximum Gasteiger partial charge on any atom is 0.251 e. The molecule has 0 bridgehead atoms. The molecule has 2 fully saturated rings. The van der Waals surface area contributed by atoms with Gasteiger partial charge in [-0.25, -0.2) is 17.6 Å². The second-order valence-electron chi connectivity index (χ2n) is 8.42. The van der Waals surface area contributed by atoms with E-state index in [1.807, 2.05) is 0 Å². The van der Waals surface area contributed by atoms with Gasteiger partial charge in [-0.15, -0.1) is 0 Å². The van der Waals surface area contributed by atoms with E-state index in [2.05, 4.69) is 4.98 Å². The highest BCUT2D eigenvalue weighted by Gasteiger charge is 2.64. The first kappa shape index (κ1) is 20.1. The molecular formula is C20H18ClF4N3OS. The molecule has 2 aliphatic heterocycles. The van der Waals surface area contributed by atoms with Crippen molar-refractivity contribution >= 4 is 29.7 Å². The number of halogens is 5. The van der Waals surface area contributed by atoms with Crippen LogP contribution in [0.4, 0.5) is 17.6 Å². The van der Waals surface area contributed by atoms with Crippen LogP contribution in [0, 0.1) is 16.4 Å². The lowest BCUT2D eigenvalue weighted by Crippen LogP contribution is -2.43. The number of H-pyrrole nitrogens is 1. The van der Waals surface area contributed by atoms with Gasteiger partial charge < -0.3 is 14.5 Å². The first-order valence-electron chi connectivity index (χ1n) is 9.74. The summed E-state index contributed by atoms with van der Waals surface area (Å²) in [5.41, 5.74) is 0.569. The molecule has 3 aliphatic rings. The summed E-state index contributed by atoms with van der Waals surface area (Å²) < 4.78 is 58.1. The zero-order valence-electron chi connectivity index (χ0n) is 15.8. The number of benzene rings is 1. The molecule has 0 radical (unpaired) electrons. The number of rotatable bonds is 3. The summed E-state index contributed by atoms with van der Waals surface area (Å²) in [6.07, 6.45) is -0.168. The van der Waals surface area contributed by atoms with E-state index in [-0.39, 0.29) is 54.8 Å². The van der Waals surface area contributed by atoms with Crippen molar-refractivity contribution in [3.05, 3.63) is 50.5 Å². The van der Waals surface area contributed by atoms with Crippen LogP contribution in [0.2, 0.25) is 5.02 Å². The number of aromatic amines is 1. The van der Waals surface area contributed by atoms with Crippen molar-refractivity contribution < 1.29 is 22.4 Å². The molecule has 3 heterocycles. The normalized spacial score (nSPS) is 26.4. The largest absolute Gasteiger partial charge is 0.342 e. The molecule has 5 rings (SSSR count). The van der Waals surface area contributed by atoms with Crippen molar-refractivity contribution in [2.75, 3.05) is 13.1 Å². The van der Waals surface area contributed by atoms with Gasteiger partial charge in [0.15, 0.2) is 4.77 Å². The van der Waals surface area contributed by atoms with Gasteiger partial charge >= 0.3 is 0 Å². The van der Waals surface area contributed by atoms with Crippen LogP contribution in [-0.4, -0.2) is 39.4 Å². The fourth-order valence-electron chi connectivity index (χ4n) is 5.03. The number of nitrogens with one attached hydrogen (secondary N) is 1. The zero-order valence-corrected chi connectivity index (χ0v) is 17.4. The SMILES string of the molecule is O=C(Cc1[nH]c(=S)n2c1[C@@H]1C[C@]1(c1c(F)ccc(Cl)c1F)C2)N1CCC(F)(F)CC1. The Labute approximate surface area is 179 Å². The Morgan fingerprint density at radius 2 is 1.97 bits per heavy atom. The third-order valence-electron chi connectivity index (χ3n) is 6.67. The minimum Gasteiger partial charge on any atom is -0.342 e. The minimum atomic E-state index is -2.73. The monoisotopic (exact) mass is 459 g/mol. The molecule has 2 atom stereocenters. The van der Waals surface area contributed by atoms with E-state index in [9.17, 15) is 22.4 Å². The van der Waals surface area contributed by atoms with Crippen LogP contribution in [0.1, 0.15) is 42.1 Å². The molecule has 4 nitrogen and oxygen atoms in total. The smallest absolute Gasteiger partial charge is 0.251 e. The summed E-state index contributed by atoms with van der Waals surface area (Å²) in [6.45, 7) is 0.324. The van der Waals surface area contributed by atoms with Gasteiger partial charge in [0.1, 0.15) is 11.6 Å². The highest BCUT2D eigenvalue weighted by Crippen LogP contribution is 2.67. The van der Waals surface area contributed by atoms with Crippen LogP contribution in [0.15, 0.2) is 12.1 Å². The summed E-state index contributed by atoms with van der Waals surface area (Å²) in [6, 6.07) is 2.35. The predicted octanol–water partition coefficient (Wildman–Crippen LogP) is 4.72. The molecule has 160 valence electrons. The lowest BCUT2D eigenvalue weighted by Gasteiger charge is -2.31. The number of imidazole rings is 1. The van der Waals surface area contributed by atoms with Gasteiger partial charge in [-0.1, -0.05) is 11.6 Å². The van der Waals surface area contributed by atoms with E-state index in [0.29, 0.717) is 23.4 Å². The molecule has 2 aromatic rings. The average Bonchev–Trinajstić information content (AvgIpc) is 3.16. The fraction of sp³-hybridized carbons (Fsp3) is 0.500. The number of likely N-dealkylation sites (tertiary alicyclic amines) is 1. The molecule has 1 aliphatic carbocycles.